The van der Waals surface area contributed by atoms with Gasteiger partial charge in [0.2, 0.25) is 5.95 Å². The quantitative estimate of drug-likeness (QED) is 0.797. The van der Waals surface area contributed by atoms with Gasteiger partial charge in [0, 0.05) is 6.04 Å². The van der Waals surface area contributed by atoms with E-state index in [4.69, 9.17) is 0 Å². The van der Waals surface area contributed by atoms with E-state index in [-0.39, 0.29) is 0 Å². The second-order valence-electron chi connectivity index (χ2n) is 3.46. The van der Waals surface area contributed by atoms with Gasteiger partial charge in [0.15, 0.2) is 0 Å². The average Bonchev–Trinajstić information content (AvgIpc) is 2.19. The number of aromatic nitrogens is 3. The van der Waals surface area contributed by atoms with Gasteiger partial charge in [-0.05, 0) is 26.7 Å². The normalized spacial score (nSPS) is 10.6. The summed E-state index contributed by atoms with van der Waals surface area (Å²) in [6.45, 7) is 8.16. The van der Waals surface area contributed by atoms with Crippen LogP contribution < -0.4 is 5.32 Å². The van der Waals surface area contributed by atoms with Crippen molar-refractivity contribution in [2.45, 2.75) is 46.6 Å². The monoisotopic (exact) mass is 194 g/mol. The summed E-state index contributed by atoms with van der Waals surface area (Å²) < 4.78 is 0. The maximum absolute atomic E-state index is 4.32. The fourth-order valence-corrected chi connectivity index (χ4v) is 1.19. The van der Waals surface area contributed by atoms with E-state index in [1.807, 2.05) is 13.8 Å². The van der Waals surface area contributed by atoms with Gasteiger partial charge >= 0.3 is 0 Å². The predicted octanol–water partition coefficient (Wildman–Crippen LogP) is 2.09. The maximum atomic E-state index is 4.32. The van der Waals surface area contributed by atoms with Crippen LogP contribution in [0.4, 0.5) is 5.95 Å². The molecule has 14 heavy (non-hydrogen) atoms. The van der Waals surface area contributed by atoms with E-state index in [0.29, 0.717) is 12.0 Å². The highest BCUT2D eigenvalue weighted by atomic mass is 15.2. The molecule has 0 radical (unpaired) electrons. The van der Waals surface area contributed by atoms with E-state index in [1.165, 1.54) is 0 Å². The lowest BCUT2D eigenvalue weighted by Crippen LogP contribution is -2.19. The molecule has 0 spiro atoms. The highest BCUT2D eigenvalue weighted by molar-refractivity contribution is 5.26. The standard InChI is InChI=1S/C10H18N4/c1-5-9(6-2)12-10-11-7(3)8(4)13-14-10/h9H,5-6H2,1-4H3,(H,11,12,14). The minimum Gasteiger partial charge on any atom is -0.350 e. The van der Waals surface area contributed by atoms with Gasteiger partial charge in [-0.2, -0.15) is 5.10 Å². The van der Waals surface area contributed by atoms with Gasteiger partial charge in [0.25, 0.3) is 0 Å². The minimum absolute atomic E-state index is 0.443. The van der Waals surface area contributed by atoms with Crippen LogP contribution in [0.3, 0.4) is 0 Å². The molecular weight excluding hydrogens is 176 g/mol. The van der Waals surface area contributed by atoms with E-state index < -0.39 is 0 Å². The summed E-state index contributed by atoms with van der Waals surface area (Å²) in [4.78, 5) is 4.32. The Balaban J connectivity index is 2.72. The second kappa shape index (κ2) is 4.88. The summed E-state index contributed by atoms with van der Waals surface area (Å²) in [6, 6.07) is 0.443. The Morgan fingerprint density at radius 1 is 1.07 bits per heavy atom. The number of hydrogen-bond donors (Lipinski definition) is 1. The summed E-state index contributed by atoms with van der Waals surface area (Å²) >= 11 is 0. The zero-order valence-electron chi connectivity index (χ0n) is 9.33. The largest absolute Gasteiger partial charge is 0.350 e. The molecule has 0 bridgehead atoms. The van der Waals surface area contributed by atoms with Gasteiger partial charge in [-0.1, -0.05) is 13.8 Å². The van der Waals surface area contributed by atoms with Crippen LogP contribution in [-0.2, 0) is 0 Å². The van der Waals surface area contributed by atoms with Crippen LogP contribution in [0.1, 0.15) is 38.1 Å². The first-order valence-electron chi connectivity index (χ1n) is 5.11. The molecule has 1 rings (SSSR count). The highest BCUT2D eigenvalue weighted by Crippen LogP contribution is 2.07. The molecule has 1 aromatic rings. The van der Waals surface area contributed by atoms with Gasteiger partial charge in [0.05, 0.1) is 11.4 Å². The Morgan fingerprint density at radius 2 is 1.71 bits per heavy atom. The van der Waals surface area contributed by atoms with Crippen LogP contribution in [0.15, 0.2) is 0 Å². The smallest absolute Gasteiger partial charge is 0.243 e. The van der Waals surface area contributed by atoms with Crippen LogP contribution in [0.5, 0.6) is 0 Å². The number of nitrogens with one attached hydrogen (secondary N) is 1. The van der Waals surface area contributed by atoms with E-state index in [0.717, 1.165) is 24.2 Å². The number of nitrogens with zero attached hydrogens (tertiary/aromatic N) is 3. The van der Waals surface area contributed by atoms with Crippen molar-refractivity contribution >= 4 is 5.95 Å². The van der Waals surface area contributed by atoms with Crippen LogP contribution in [-0.4, -0.2) is 21.2 Å². The topological polar surface area (TPSA) is 50.7 Å². The lowest BCUT2D eigenvalue weighted by atomic mass is 10.2. The third-order valence-electron chi connectivity index (χ3n) is 2.41. The summed E-state index contributed by atoms with van der Waals surface area (Å²) in [6.07, 6.45) is 2.15. The summed E-state index contributed by atoms with van der Waals surface area (Å²) in [5.74, 6) is 0.641. The van der Waals surface area contributed by atoms with Crippen molar-refractivity contribution in [3.63, 3.8) is 0 Å². The van der Waals surface area contributed by atoms with Crippen molar-refractivity contribution in [1.29, 1.82) is 0 Å². The number of rotatable bonds is 4. The third-order valence-corrected chi connectivity index (χ3v) is 2.41. The molecule has 0 atom stereocenters. The first-order valence-corrected chi connectivity index (χ1v) is 5.11. The molecule has 0 saturated heterocycles. The number of anilines is 1. The van der Waals surface area contributed by atoms with E-state index in [2.05, 4.69) is 34.3 Å². The molecule has 0 aliphatic heterocycles. The van der Waals surface area contributed by atoms with Crippen molar-refractivity contribution in [1.82, 2.24) is 15.2 Å². The van der Waals surface area contributed by atoms with Gasteiger partial charge in [-0.25, -0.2) is 4.98 Å². The summed E-state index contributed by atoms with van der Waals surface area (Å²) in [7, 11) is 0. The summed E-state index contributed by atoms with van der Waals surface area (Å²) in [5.41, 5.74) is 1.83. The molecule has 0 saturated carbocycles. The Bertz CT molecular complexity index is 294. The van der Waals surface area contributed by atoms with E-state index in [9.17, 15) is 0 Å². The van der Waals surface area contributed by atoms with Gasteiger partial charge in [0.1, 0.15) is 0 Å². The molecule has 4 nitrogen and oxygen atoms in total. The second-order valence-corrected chi connectivity index (χ2v) is 3.46. The Labute approximate surface area is 85.2 Å². The predicted molar refractivity (Wildman–Crippen MR) is 57.3 cm³/mol. The van der Waals surface area contributed by atoms with Crippen molar-refractivity contribution in [2.24, 2.45) is 0 Å². The van der Waals surface area contributed by atoms with E-state index in [1.54, 1.807) is 0 Å². The van der Waals surface area contributed by atoms with Gasteiger partial charge < -0.3 is 5.32 Å². The Hall–Kier alpha value is -1.19. The molecule has 0 aliphatic rings. The highest BCUT2D eigenvalue weighted by Gasteiger charge is 2.06. The molecule has 0 aromatic carbocycles. The number of aryl methyl sites for hydroxylation is 2. The zero-order valence-corrected chi connectivity index (χ0v) is 9.33. The molecule has 4 heteroatoms. The lowest BCUT2D eigenvalue weighted by Gasteiger charge is -2.14. The molecule has 0 amide bonds. The molecule has 0 unspecified atom stereocenters. The molecule has 0 aliphatic carbocycles. The fourth-order valence-electron chi connectivity index (χ4n) is 1.19. The van der Waals surface area contributed by atoms with E-state index >= 15 is 0 Å². The molecule has 1 N–H and O–H groups in total. The van der Waals surface area contributed by atoms with Gasteiger partial charge in [-0.3, -0.25) is 0 Å². The third kappa shape index (κ3) is 2.65. The van der Waals surface area contributed by atoms with Crippen LogP contribution in [0.25, 0.3) is 0 Å². The minimum atomic E-state index is 0.443. The molecule has 78 valence electrons. The van der Waals surface area contributed by atoms with Crippen LogP contribution in [0.2, 0.25) is 0 Å². The molecule has 0 fully saturated rings. The average molecular weight is 194 g/mol. The first-order chi connectivity index (χ1) is 6.67. The van der Waals surface area contributed by atoms with Crippen LogP contribution in [0, 0.1) is 13.8 Å². The fraction of sp³-hybridized carbons (Fsp3) is 0.700. The summed E-state index contributed by atoms with van der Waals surface area (Å²) in [5, 5.41) is 11.3. The van der Waals surface area contributed by atoms with Crippen molar-refractivity contribution < 1.29 is 0 Å². The zero-order chi connectivity index (χ0) is 10.6. The van der Waals surface area contributed by atoms with Crippen molar-refractivity contribution in [3.8, 4) is 0 Å². The van der Waals surface area contributed by atoms with Gasteiger partial charge in [-0.15, -0.1) is 5.10 Å². The SMILES string of the molecule is CCC(CC)Nc1nnc(C)c(C)n1. The van der Waals surface area contributed by atoms with Crippen LogP contribution >= 0.6 is 0 Å². The molecular formula is C10H18N4. The first kappa shape index (κ1) is 10.9. The molecule has 1 aromatic heterocycles. The maximum Gasteiger partial charge on any atom is 0.243 e. The molecule has 1 heterocycles. The Kier molecular flexibility index (Phi) is 3.80. The number of hydrogen-bond acceptors (Lipinski definition) is 4. The van der Waals surface area contributed by atoms with Crippen molar-refractivity contribution in [2.75, 3.05) is 5.32 Å². The Morgan fingerprint density at radius 3 is 2.21 bits per heavy atom. The lowest BCUT2D eigenvalue weighted by molar-refractivity contribution is 0.659. The van der Waals surface area contributed by atoms with Crippen molar-refractivity contribution in [3.05, 3.63) is 11.4 Å².